The van der Waals surface area contributed by atoms with Gasteiger partial charge in [0.25, 0.3) is 5.91 Å². The van der Waals surface area contributed by atoms with Gasteiger partial charge in [0, 0.05) is 23.8 Å². The van der Waals surface area contributed by atoms with Crippen molar-refractivity contribution in [3.63, 3.8) is 0 Å². The van der Waals surface area contributed by atoms with Crippen molar-refractivity contribution >= 4 is 17.5 Å². The smallest absolute Gasteiger partial charge is 0.251 e. The van der Waals surface area contributed by atoms with Gasteiger partial charge in [-0.15, -0.1) is 0 Å². The summed E-state index contributed by atoms with van der Waals surface area (Å²) in [5.74, 6) is -0.0630. The molecule has 0 bridgehead atoms. The number of carbonyl (C=O) groups excluding carboxylic acids is 1. The molecule has 0 aliphatic carbocycles. The van der Waals surface area contributed by atoms with E-state index in [0.29, 0.717) is 23.3 Å². The fraction of sp³-hybridized carbons (Fsp3) is 0.600. The van der Waals surface area contributed by atoms with Crippen molar-refractivity contribution in [3.05, 3.63) is 28.5 Å². The SMILES string of the molecule is CCCc1cc(C(=O)NCC2CCCN2C)cc(Cl)n1. The van der Waals surface area contributed by atoms with Crippen LogP contribution in [0.5, 0.6) is 0 Å². The van der Waals surface area contributed by atoms with E-state index in [0.717, 1.165) is 31.5 Å². The molecule has 1 N–H and O–H groups in total. The van der Waals surface area contributed by atoms with Crippen molar-refractivity contribution in [2.24, 2.45) is 0 Å². The Hall–Kier alpha value is -1.13. The molecule has 1 aliphatic heterocycles. The number of halogens is 1. The van der Waals surface area contributed by atoms with Gasteiger partial charge in [0.2, 0.25) is 0 Å². The zero-order valence-corrected chi connectivity index (χ0v) is 12.9. The van der Waals surface area contributed by atoms with Crippen LogP contribution in [0.2, 0.25) is 5.15 Å². The van der Waals surface area contributed by atoms with Gasteiger partial charge in [-0.25, -0.2) is 4.98 Å². The maximum absolute atomic E-state index is 12.2. The fourth-order valence-corrected chi connectivity index (χ4v) is 2.84. The van der Waals surface area contributed by atoms with Crippen LogP contribution in [0.4, 0.5) is 0 Å². The number of amides is 1. The second kappa shape index (κ2) is 7.04. The van der Waals surface area contributed by atoms with Gasteiger partial charge in [-0.2, -0.15) is 0 Å². The zero-order chi connectivity index (χ0) is 14.5. The number of nitrogens with one attached hydrogen (secondary N) is 1. The molecule has 0 spiro atoms. The van der Waals surface area contributed by atoms with Crippen LogP contribution in [0.25, 0.3) is 0 Å². The third-order valence-electron chi connectivity index (χ3n) is 3.79. The molecule has 1 atom stereocenters. The van der Waals surface area contributed by atoms with Gasteiger partial charge in [-0.1, -0.05) is 24.9 Å². The van der Waals surface area contributed by atoms with Crippen molar-refractivity contribution in [2.45, 2.75) is 38.6 Å². The average Bonchev–Trinajstić information content (AvgIpc) is 2.81. The van der Waals surface area contributed by atoms with Gasteiger partial charge in [-0.3, -0.25) is 4.79 Å². The van der Waals surface area contributed by atoms with E-state index in [4.69, 9.17) is 11.6 Å². The van der Waals surface area contributed by atoms with Crippen molar-refractivity contribution in [3.8, 4) is 0 Å². The molecule has 4 nitrogen and oxygen atoms in total. The third kappa shape index (κ3) is 3.93. The number of rotatable bonds is 5. The van der Waals surface area contributed by atoms with Gasteiger partial charge < -0.3 is 10.2 Å². The number of nitrogens with zero attached hydrogens (tertiary/aromatic N) is 2. The summed E-state index contributed by atoms with van der Waals surface area (Å²) in [6.45, 7) is 3.89. The topological polar surface area (TPSA) is 45.2 Å². The quantitative estimate of drug-likeness (QED) is 0.849. The summed E-state index contributed by atoms with van der Waals surface area (Å²) in [5.41, 5.74) is 1.48. The lowest BCUT2D eigenvalue weighted by atomic mass is 10.1. The molecule has 1 aromatic rings. The van der Waals surface area contributed by atoms with Crippen molar-refractivity contribution in [1.82, 2.24) is 15.2 Å². The van der Waals surface area contributed by atoms with Gasteiger partial charge in [0.05, 0.1) is 0 Å². The maximum atomic E-state index is 12.2. The zero-order valence-electron chi connectivity index (χ0n) is 12.2. The third-order valence-corrected chi connectivity index (χ3v) is 3.98. The largest absolute Gasteiger partial charge is 0.350 e. The van der Waals surface area contributed by atoms with Crippen molar-refractivity contribution in [2.75, 3.05) is 20.1 Å². The molecule has 5 heteroatoms. The predicted molar refractivity (Wildman–Crippen MR) is 81.2 cm³/mol. The summed E-state index contributed by atoms with van der Waals surface area (Å²) in [6, 6.07) is 3.92. The van der Waals surface area contributed by atoms with Gasteiger partial charge in [-0.05, 0) is 45.0 Å². The number of aromatic nitrogens is 1. The van der Waals surface area contributed by atoms with Crippen molar-refractivity contribution in [1.29, 1.82) is 0 Å². The van der Waals surface area contributed by atoms with E-state index in [1.54, 1.807) is 6.07 Å². The molecule has 0 saturated carbocycles. The first kappa shape index (κ1) is 15.3. The molecule has 2 heterocycles. The normalized spacial score (nSPS) is 19.2. The van der Waals surface area contributed by atoms with Gasteiger partial charge >= 0.3 is 0 Å². The molecule has 1 unspecified atom stereocenters. The highest BCUT2D eigenvalue weighted by atomic mass is 35.5. The van der Waals surface area contributed by atoms with Crippen LogP contribution in [0, 0.1) is 0 Å². The second-order valence-corrected chi connectivity index (χ2v) is 5.79. The fourth-order valence-electron chi connectivity index (χ4n) is 2.62. The molecule has 2 rings (SSSR count). The van der Waals surface area contributed by atoms with E-state index < -0.39 is 0 Å². The lowest BCUT2D eigenvalue weighted by Crippen LogP contribution is -2.38. The first-order valence-electron chi connectivity index (χ1n) is 7.25. The molecule has 1 saturated heterocycles. The minimum Gasteiger partial charge on any atom is -0.350 e. The molecular weight excluding hydrogens is 274 g/mol. The summed E-state index contributed by atoms with van der Waals surface area (Å²) in [5, 5.41) is 3.39. The number of likely N-dealkylation sites (tertiary alicyclic amines) is 1. The highest BCUT2D eigenvalue weighted by Gasteiger charge is 2.21. The van der Waals surface area contributed by atoms with Crippen LogP contribution in [0.3, 0.4) is 0 Å². The van der Waals surface area contributed by atoms with Crippen LogP contribution in [-0.2, 0) is 6.42 Å². The Bertz CT molecular complexity index is 478. The molecule has 0 aromatic carbocycles. The Labute approximate surface area is 125 Å². The number of aryl methyl sites for hydroxylation is 1. The molecule has 1 fully saturated rings. The Balaban J connectivity index is 1.97. The van der Waals surface area contributed by atoms with E-state index in [9.17, 15) is 4.79 Å². The standard InChI is InChI=1S/C15H22ClN3O/c1-3-5-12-8-11(9-14(16)18-12)15(20)17-10-13-6-4-7-19(13)2/h8-9,13H,3-7,10H2,1-2H3,(H,17,20). The van der Waals surface area contributed by atoms with Gasteiger partial charge in [0.1, 0.15) is 5.15 Å². The van der Waals surface area contributed by atoms with Crippen molar-refractivity contribution < 1.29 is 4.79 Å². The summed E-state index contributed by atoms with van der Waals surface area (Å²) in [7, 11) is 2.10. The maximum Gasteiger partial charge on any atom is 0.251 e. The number of hydrogen-bond donors (Lipinski definition) is 1. The Kier molecular flexibility index (Phi) is 5.38. The molecule has 1 aliphatic rings. The number of pyridine rings is 1. The molecule has 1 aromatic heterocycles. The summed E-state index contributed by atoms with van der Waals surface area (Å²) in [4.78, 5) is 18.7. The first-order chi connectivity index (χ1) is 9.60. The molecule has 1 amide bonds. The van der Waals surface area contributed by atoms with Crippen LogP contribution < -0.4 is 5.32 Å². The molecule has 0 radical (unpaired) electrons. The predicted octanol–water partition coefficient (Wildman–Crippen LogP) is 2.51. The highest BCUT2D eigenvalue weighted by Crippen LogP contribution is 2.15. The monoisotopic (exact) mass is 295 g/mol. The van der Waals surface area contributed by atoms with Crippen LogP contribution >= 0.6 is 11.6 Å². The molecule has 20 heavy (non-hydrogen) atoms. The van der Waals surface area contributed by atoms with Crippen LogP contribution in [0.15, 0.2) is 12.1 Å². The van der Waals surface area contributed by atoms with Crippen LogP contribution in [0.1, 0.15) is 42.2 Å². The molecular formula is C15H22ClN3O. The van der Waals surface area contributed by atoms with E-state index in [2.05, 4.69) is 29.2 Å². The lowest BCUT2D eigenvalue weighted by Gasteiger charge is -2.19. The van der Waals surface area contributed by atoms with E-state index in [-0.39, 0.29) is 5.91 Å². The summed E-state index contributed by atoms with van der Waals surface area (Å²) in [6.07, 6.45) is 4.18. The summed E-state index contributed by atoms with van der Waals surface area (Å²) >= 11 is 5.98. The minimum atomic E-state index is -0.0630. The Morgan fingerprint density at radius 1 is 1.55 bits per heavy atom. The van der Waals surface area contributed by atoms with Gasteiger partial charge in [0.15, 0.2) is 0 Å². The summed E-state index contributed by atoms with van der Waals surface area (Å²) < 4.78 is 0. The number of hydrogen-bond acceptors (Lipinski definition) is 3. The Morgan fingerprint density at radius 2 is 2.35 bits per heavy atom. The first-order valence-corrected chi connectivity index (χ1v) is 7.63. The van der Waals surface area contributed by atoms with E-state index in [1.807, 2.05) is 6.07 Å². The van der Waals surface area contributed by atoms with E-state index >= 15 is 0 Å². The number of carbonyl (C=O) groups is 1. The Morgan fingerprint density at radius 3 is 3.00 bits per heavy atom. The lowest BCUT2D eigenvalue weighted by molar-refractivity contribution is 0.0943. The minimum absolute atomic E-state index is 0.0630. The highest BCUT2D eigenvalue weighted by molar-refractivity contribution is 6.29. The van der Waals surface area contributed by atoms with Crippen LogP contribution in [-0.4, -0.2) is 42.0 Å². The average molecular weight is 296 g/mol. The number of likely N-dealkylation sites (N-methyl/N-ethyl adjacent to an activating group) is 1. The second-order valence-electron chi connectivity index (χ2n) is 5.41. The van der Waals surface area contributed by atoms with E-state index in [1.165, 1.54) is 6.42 Å². The molecule has 110 valence electrons.